The van der Waals surface area contributed by atoms with Gasteiger partial charge in [0.1, 0.15) is 5.56 Å². The summed E-state index contributed by atoms with van der Waals surface area (Å²) < 4.78 is 0. The van der Waals surface area contributed by atoms with Gasteiger partial charge in [-0.3, -0.25) is 19.7 Å². The third kappa shape index (κ3) is 3.87. The third-order valence-corrected chi connectivity index (χ3v) is 4.56. The molecule has 27 heavy (non-hydrogen) atoms. The van der Waals surface area contributed by atoms with E-state index >= 15 is 0 Å². The number of hydrogen-bond donors (Lipinski definition) is 2. The van der Waals surface area contributed by atoms with Gasteiger partial charge in [-0.15, -0.1) is 0 Å². The van der Waals surface area contributed by atoms with E-state index in [-0.39, 0.29) is 23.4 Å². The Morgan fingerprint density at radius 3 is 2.59 bits per heavy atom. The molecular formula is C20H19N3O4. The number of rotatable bonds is 5. The number of nitro benzene ring substituents is 1. The van der Waals surface area contributed by atoms with Crippen molar-refractivity contribution in [3.63, 3.8) is 0 Å². The Bertz CT molecular complexity index is 1100. The Balaban J connectivity index is 1.75. The molecule has 1 amide bonds. The molecule has 0 saturated carbocycles. The number of nitro groups is 1. The Morgan fingerprint density at radius 2 is 1.85 bits per heavy atom. The van der Waals surface area contributed by atoms with Crippen LogP contribution in [0.4, 0.5) is 5.69 Å². The van der Waals surface area contributed by atoms with Crippen molar-refractivity contribution in [3.8, 4) is 0 Å². The zero-order valence-corrected chi connectivity index (χ0v) is 15.0. The molecule has 0 saturated heterocycles. The lowest BCUT2D eigenvalue weighted by atomic mass is 10.0. The van der Waals surface area contributed by atoms with Crippen molar-refractivity contribution in [2.45, 2.75) is 20.3 Å². The van der Waals surface area contributed by atoms with Crippen molar-refractivity contribution in [1.82, 2.24) is 10.3 Å². The van der Waals surface area contributed by atoms with Crippen LogP contribution in [0.3, 0.4) is 0 Å². The Hall–Kier alpha value is -3.48. The zero-order chi connectivity index (χ0) is 19.6. The highest BCUT2D eigenvalue weighted by Gasteiger charge is 2.18. The summed E-state index contributed by atoms with van der Waals surface area (Å²) in [6.45, 7) is 4.19. The molecule has 0 atom stereocenters. The molecule has 0 spiro atoms. The zero-order valence-electron chi connectivity index (χ0n) is 15.0. The number of nitrogens with one attached hydrogen (secondary N) is 2. The average molecular weight is 365 g/mol. The summed E-state index contributed by atoms with van der Waals surface area (Å²) in [5.41, 5.74) is 3.10. The molecule has 0 aliphatic heterocycles. The molecule has 1 aromatic heterocycles. The molecule has 0 bridgehead atoms. The van der Waals surface area contributed by atoms with E-state index in [0.29, 0.717) is 12.0 Å². The maximum Gasteiger partial charge on any atom is 0.282 e. The summed E-state index contributed by atoms with van der Waals surface area (Å²) in [4.78, 5) is 37.8. The van der Waals surface area contributed by atoms with Gasteiger partial charge in [0, 0.05) is 23.7 Å². The Kier molecular flexibility index (Phi) is 5.03. The van der Waals surface area contributed by atoms with Gasteiger partial charge < -0.3 is 10.3 Å². The predicted molar refractivity (Wildman–Crippen MR) is 103 cm³/mol. The lowest BCUT2D eigenvalue weighted by molar-refractivity contribution is -0.385. The fourth-order valence-electron chi connectivity index (χ4n) is 2.94. The van der Waals surface area contributed by atoms with Crippen LogP contribution in [0.15, 0.2) is 47.3 Å². The van der Waals surface area contributed by atoms with Crippen LogP contribution in [0.25, 0.3) is 10.9 Å². The fraction of sp³-hybridized carbons (Fsp3) is 0.200. The van der Waals surface area contributed by atoms with Crippen LogP contribution in [-0.4, -0.2) is 22.4 Å². The van der Waals surface area contributed by atoms with E-state index in [9.17, 15) is 19.7 Å². The molecule has 7 nitrogen and oxygen atoms in total. The second kappa shape index (κ2) is 7.41. The second-order valence-corrected chi connectivity index (χ2v) is 6.43. The highest BCUT2D eigenvalue weighted by Crippen LogP contribution is 2.18. The van der Waals surface area contributed by atoms with E-state index < -0.39 is 10.8 Å². The SMILES string of the molecule is Cc1cc2cc(CCNC(=O)c3ccccc3[N+](=O)[O-])c(=O)[nH]c2cc1C. The molecule has 3 aromatic rings. The van der Waals surface area contributed by atoms with Gasteiger partial charge in [0.25, 0.3) is 17.2 Å². The maximum atomic E-state index is 12.3. The van der Waals surface area contributed by atoms with Crippen molar-refractivity contribution in [2.75, 3.05) is 6.54 Å². The quantitative estimate of drug-likeness (QED) is 0.535. The first-order valence-corrected chi connectivity index (χ1v) is 8.51. The molecule has 0 radical (unpaired) electrons. The molecule has 0 aliphatic carbocycles. The minimum Gasteiger partial charge on any atom is -0.351 e. The smallest absolute Gasteiger partial charge is 0.282 e. The number of para-hydroxylation sites is 1. The second-order valence-electron chi connectivity index (χ2n) is 6.43. The van der Waals surface area contributed by atoms with Crippen LogP contribution in [0.2, 0.25) is 0 Å². The number of amides is 1. The molecule has 1 heterocycles. The van der Waals surface area contributed by atoms with Crippen LogP contribution in [0, 0.1) is 24.0 Å². The van der Waals surface area contributed by atoms with Gasteiger partial charge >= 0.3 is 0 Å². The van der Waals surface area contributed by atoms with E-state index in [2.05, 4.69) is 10.3 Å². The van der Waals surface area contributed by atoms with Crippen LogP contribution in [-0.2, 0) is 6.42 Å². The molecule has 7 heteroatoms. The van der Waals surface area contributed by atoms with E-state index in [1.54, 1.807) is 6.07 Å². The monoisotopic (exact) mass is 365 g/mol. The number of aryl methyl sites for hydroxylation is 2. The van der Waals surface area contributed by atoms with Crippen LogP contribution < -0.4 is 10.9 Å². The van der Waals surface area contributed by atoms with Crippen LogP contribution >= 0.6 is 0 Å². The van der Waals surface area contributed by atoms with Crippen molar-refractivity contribution >= 4 is 22.5 Å². The number of hydrogen-bond acceptors (Lipinski definition) is 4. The topological polar surface area (TPSA) is 105 Å². The average Bonchev–Trinajstić information content (AvgIpc) is 2.63. The third-order valence-electron chi connectivity index (χ3n) is 4.56. The summed E-state index contributed by atoms with van der Waals surface area (Å²) >= 11 is 0. The summed E-state index contributed by atoms with van der Waals surface area (Å²) in [5.74, 6) is -0.536. The number of fused-ring (bicyclic) bond motifs is 1. The van der Waals surface area contributed by atoms with Crippen molar-refractivity contribution < 1.29 is 9.72 Å². The van der Waals surface area contributed by atoms with Gasteiger partial charge in [-0.05, 0) is 61.0 Å². The molecule has 2 N–H and O–H groups in total. The summed E-state index contributed by atoms with van der Waals surface area (Å²) in [7, 11) is 0. The number of carbonyl (C=O) groups is 1. The minimum atomic E-state index is -0.590. The van der Waals surface area contributed by atoms with Gasteiger partial charge in [-0.25, -0.2) is 0 Å². The number of aromatic nitrogens is 1. The van der Waals surface area contributed by atoms with Gasteiger partial charge in [0.2, 0.25) is 0 Å². The number of nitrogens with zero attached hydrogens (tertiary/aromatic N) is 1. The first-order valence-electron chi connectivity index (χ1n) is 8.51. The predicted octanol–water partition coefficient (Wildman–Crippen LogP) is 3.03. The molecule has 0 aliphatic rings. The maximum absolute atomic E-state index is 12.3. The Morgan fingerprint density at radius 1 is 1.15 bits per heavy atom. The van der Waals surface area contributed by atoms with E-state index in [1.807, 2.05) is 32.0 Å². The number of benzene rings is 2. The summed E-state index contributed by atoms with van der Waals surface area (Å²) in [6.07, 6.45) is 0.324. The van der Waals surface area contributed by atoms with Gasteiger partial charge in [0.15, 0.2) is 0 Å². The highest BCUT2D eigenvalue weighted by molar-refractivity contribution is 5.98. The number of carbonyl (C=O) groups excluding carboxylic acids is 1. The van der Waals surface area contributed by atoms with E-state index in [1.165, 1.54) is 18.2 Å². The Labute approximate surface area is 155 Å². The normalized spacial score (nSPS) is 10.7. The van der Waals surface area contributed by atoms with Gasteiger partial charge in [-0.2, -0.15) is 0 Å². The van der Waals surface area contributed by atoms with E-state index in [4.69, 9.17) is 0 Å². The lowest BCUT2D eigenvalue weighted by Gasteiger charge is -2.08. The van der Waals surface area contributed by atoms with Crippen molar-refractivity contribution in [3.05, 3.63) is 85.2 Å². The molecule has 0 fully saturated rings. The van der Waals surface area contributed by atoms with E-state index in [0.717, 1.165) is 22.0 Å². The van der Waals surface area contributed by atoms with Crippen LogP contribution in [0.5, 0.6) is 0 Å². The number of pyridine rings is 1. The largest absolute Gasteiger partial charge is 0.351 e. The minimum absolute atomic E-state index is 0.000945. The number of H-pyrrole nitrogens is 1. The van der Waals surface area contributed by atoms with Gasteiger partial charge in [-0.1, -0.05) is 12.1 Å². The molecule has 138 valence electrons. The first kappa shape index (κ1) is 18.3. The van der Waals surface area contributed by atoms with Crippen LogP contribution in [0.1, 0.15) is 27.0 Å². The molecule has 3 rings (SSSR count). The molecule has 0 unspecified atom stereocenters. The summed E-state index contributed by atoms with van der Waals surface area (Å²) in [5, 5.41) is 14.6. The highest BCUT2D eigenvalue weighted by atomic mass is 16.6. The number of aromatic amines is 1. The standard InChI is InChI=1S/C20H19N3O4/c1-12-9-15-11-14(19(24)22-17(15)10-13(12)2)7-8-21-20(25)16-5-3-4-6-18(16)23(26)27/h3-6,9-11H,7-8H2,1-2H3,(H,21,25)(H,22,24). The lowest BCUT2D eigenvalue weighted by Crippen LogP contribution is -2.28. The van der Waals surface area contributed by atoms with Crippen molar-refractivity contribution in [1.29, 1.82) is 0 Å². The fourth-order valence-corrected chi connectivity index (χ4v) is 2.94. The van der Waals surface area contributed by atoms with Gasteiger partial charge in [0.05, 0.1) is 4.92 Å². The molecule has 2 aromatic carbocycles. The summed E-state index contributed by atoms with van der Waals surface area (Å²) in [6, 6.07) is 11.5. The van der Waals surface area contributed by atoms with Crippen molar-refractivity contribution in [2.24, 2.45) is 0 Å². The molecular weight excluding hydrogens is 346 g/mol. The first-order chi connectivity index (χ1) is 12.9.